The van der Waals surface area contributed by atoms with Gasteiger partial charge in [-0.2, -0.15) is 18.3 Å². The molecule has 0 aliphatic carbocycles. The van der Waals surface area contributed by atoms with Gasteiger partial charge in [0.15, 0.2) is 5.65 Å². The standard InChI is InChI=1S/C12H12F3N3O2S/c1-6-10-7(12(13,14)15)4-8(21-5-9(19)20-3)16-11(10)17-18(6)2/h4H,5H2,1-3H3. The molecule has 2 rings (SSSR count). The molecule has 5 nitrogen and oxygen atoms in total. The zero-order valence-corrected chi connectivity index (χ0v) is 12.3. The highest BCUT2D eigenvalue weighted by Gasteiger charge is 2.35. The second kappa shape index (κ2) is 5.55. The molecule has 21 heavy (non-hydrogen) atoms. The number of fused-ring (bicyclic) bond motifs is 1. The van der Waals surface area contributed by atoms with Crippen LogP contribution in [0.5, 0.6) is 0 Å². The lowest BCUT2D eigenvalue weighted by Crippen LogP contribution is -2.08. The van der Waals surface area contributed by atoms with Crippen molar-refractivity contribution < 1.29 is 22.7 Å². The second-order valence-corrected chi connectivity index (χ2v) is 5.27. The maximum Gasteiger partial charge on any atom is 0.417 e. The zero-order chi connectivity index (χ0) is 15.8. The Morgan fingerprint density at radius 3 is 2.71 bits per heavy atom. The number of pyridine rings is 1. The average molecular weight is 319 g/mol. The first-order valence-corrected chi connectivity index (χ1v) is 6.83. The van der Waals surface area contributed by atoms with Crippen LogP contribution in [0.2, 0.25) is 0 Å². The van der Waals surface area contributed by atoms with Crippen LogP contribution in [-0.2, 0) is 22.8 Å². The number of ether oxygens (including phenoxy) is 1. The number of thioether (sulfide) groups is 1. The summed E-state index contributed by atoms with van der Waals surface area (Å²) in [4.78, 5) is 15.1. The van der Waals surface area contributed by atoms with Crippen LogP contribution < -0.4 is 0 Å². The Hall–Kier alpha value is -1.77. The molecule has 0 radical (unpaired) electrons. The van der Waals surface area contributed by atoms with E-state index in [1.54, 1.807) is 14.0 Å². The molecule has 0 saturated carbocycles. The summed E-state index contributed by atoms with van der Waals surface area (Å²) in [7, 11) is 2.77. The molecule has 114 valence electrons. The van der Waals surface area contributed by atoms with Crippen molar-refractivity contribution in [2.75, 3.05) is 12.9 Å². The van der Waals surface area contributed by atoms with Gasteiger partial charge in [-0.1, -0.05) is 11.8 Å². The van der Waals surface area contributed by atoms with Gasteiger partial charge in [0, 0.05) is 12.7 Å². The summed E-state index contributed by atoms with van der Waals surface area (Å²) in [5.41, 5.74) is -0.406. The van der Waals surface area contributed by atoms with Gasteiger partial charge in [0.05, 0.1) is 28.8 Å². The topological polar surface area (TPSA) is 57.0 Å². The van der Waals surface area contributed by atoms with Crippen LogP contribution in [0.1, 0.15) is 11.3 Å². The van der Waals surface area contributed by atoms with Crippen LogP contribution in [0.3, 0.4) is 0 Å². The van der Waals surface area contributed by atoms with Crippen LogP contribution >= 0.6 is 11.8 Å². The van der Waals surface area contributed by atoms with Gasteiger partial charge in [-0.15, -0.1) is 0 Å². The van der Waals surface area contributed by atoms with Crippen molar-refractivity contribution in [2.24, 2.45) is 7.05 Å². The van der Waals surface area contributed by atoms with Gasteiger partial charge in [-0.05, 0) is 13.0 Å². The van der Waals surface area contributed by atoms with Crippen molar-refractivity contribution in [1.82, 2.24) is 14.8 Å². The fraction of sp³-hybridized carbons (Fsp3) is 0.417. The second-order valence-electron chi connectivity index (χ2n) is 4.28. The quantitative estimate of drug-likeness (QED) is 0.643. The Morgan fingerprint density at radius 2 is 2.14 bits per heavy atom. The van der Waals surface area contributed by atoms with Crippen molar-refractivity contribution >= 4 is 28.8 Å². The lowest BCUT2D eigenvalue weighted by molar-refractivity contribution is -0.137. The molecule has 0 N–H and O–H groups in total. The summed E-state index contributed by atoms with van der Waals surface area (Å²) in [6.07, 6.45) is -4.52. The molecule has 0 spiro atoms. The van der Waals surface area contributed by atoms with E-state index in [4.69, 9.17) is 0 Å². The summed E-state index contributed by atoms with van der Waals surface area (Å²) < 4.78 is 45.4. The van der Waals surface area contributed by atoms with Crippen LogP contribution in [0.15, 0.2) is 11.1 Å². The van der Waals surface area contributed by atoms with Crippen molar-refractivity contribution in [2.45, 2.75) is 18.1 Å². The molecule has 0 aliphatic rings. The fourth-order valence-electron chi connectivity index (χ4n) is 1.81. The van der Waals surface area contributed by atoms with Crippen LogP contribution in [-0.4, -0.2) is 33.6 Å². The first kappa shape index (κ1) is 15.6. The van der Waals surface area contributed by atoms with E-state index in [1.165, 1.54) is 11.8 Å². The van der Waals surface area contributed by atoms with E-state index >= 15 is 0 Å². The first-order chi connectivity index (χ1) is 9.74. The molecule has 0 atom stereocenters. The highest BCUT2D eigenvalue weighted by Crippen LogP contribution is 2.37. The van der Waals surface area contributed by atoms with E-state index in [9.17, 15) is 18.0 Å². The van der Waals surface area contributed by atoms with Crippen LogP contribution in [0.4, 0.5) is 13.2 Å². The Kier molecular flexibility index (Phi) is 4.13. The smallest absolute Gasteiger partial charge is 0.417 e. The van der Waals surface area contributed by atoms with Gasteiger partial charge in [-0.3, -0.25) is 9.48 Å². The summed E-state index contributed by atoms with van der Waals surface area (Å²) in [5.74, 6) is -0.648. The third-order valence-electron chi connectivity index (χ3n) is 2.94. The number of aryl methyl sites for hydroxylation is 2. The van der Waals surface area contributed by atoms with Gasteiger partial charge in [0.25, 0.3) is 0 Å². The molecule has 0 aliphatic heterocycles. The number of esters is 1. The number of alkyl halides is 3. The number of carbonyl (C=O) groups excluding carboxylic acids is 1. The van der Waals surface area contributed by atoms with E-state index < -0.39 is 17.7 Å². The van der Waals surface area contributed by atoms with Gasteiger partial charge < -0.3 is 4.74 Å². The van der Waals surface area contributed by atoms with E-state index in [-0.39, 0.29) is 21.8 Å². The minimum absolute atomic E-state index is 0.0113. The number of hydrogen-bond acceptors (Lipinski definition) is 5. The summed E-state index contributed by atoms with van der Waals surface area (Å²) in [6, 6.07) is 0.935. The van der Waals surface area contributed by atoms with E-state index in [1.807, 2.05) is 0 Å². The maximum absolute atomic E-state index is 13.2. The van der Waals surface area contributed by atoms with E-state index in [0.29, 0.717) is 5.69 Å². The Bertz CT molecular complexity index is 697. The van der Waals surface area contributed by atoms with Crippen molar-refractivity contribution in [3.05, 3.63) is 17.3 Å². The highest BCUT2D eigenvalue weighted by atomic mass is 32.2. The molecule has 2 aromatic heterocycles. The lowest BCUT2D eigenvalue weighted by atomic mass is 10.1. The largest absolute Gasteiger partial charge is 0.468 e. The lowest BCUT2D eigenvalue weighted by Gasteiger charge is -2.10. The Labute approximate surface area is 122 Å². The number of hydrogen-bond donors (Lipinski definition) is 0. The van der Waals surface area contributed by atoms with Gasteiger partial charge in [0.1, 0.15) is 0 Å². The fourth-order valence-corrected chi connectivity index (χ4v) is 2.54. The monoisotopic (exact) mass is 319 g/mol. The predicted octanol–water partition coefficient (Wildman–Crippen LogP) is 2.56. The summed E-state index contributed by atoms with van der Waals surface area (Å²) >= 11 is 0.878. The number of halogens is 3. The number of rotatable bonds is 3. The van der Waals surface area contributed by atoms with E-state index in [2.05, 4.69) is 14.8 Å². The molecule has 0 amide bonds. The minimum Gasteiger partial charge on any atom is -0.468 e. The molecule has 2 heterocycles. The Balaban J connectivity index is 2.53. The number of methoxy groups -OCH3 is 1. The summed E-state index contributed by atoms with van der Waals surface area (Å²) in [6.45, 7) is 1.55. The van der Waals surface area contributed by atoms with Crippen LogP contribution in [0.25, 0.3) is 11.0 Å². The normalized spacial score (nSPS) is 11.9. The van der Waals surface area contributed by atoms with E-state index in [0.717, 1.165) is 17.8 Å². The molecular formula is C12H12F3N3O2S. The SMILES string of the molecule is COC(=O)CSc1cc(C(F)(F)F)c2c(C)n(C)nc2n1. The molecular weight excluding hydrogens is 307 g/mol. The molecule has 0 fully saturated rings. The first-order valence-electron chi connectivity index (χ1n) is 5.85. The summed E-state index contributed by atoms with van der Waals surface area (Å²) in [5, 5.41) is 4.03. The average Bonchev–Trinajstić information content (AvgIpc) is 2.69. The highest BCUT2D eigenvalue weighted by molar-refractivity contribution is 7.99. The van der Waals surface area contributed by atoms with Gasteiger partial charge in [0.2, 0.25) is 0 Å². The van der Waals surface area contributed by atoms with Gasteiger partial charge >= 0.3 is 12.1 Å². The predicted molar refractivity (Wildman–Crippen MR) is 71.0 cm³/mol. The minimum atomic E-state index is -4.52. The van der Waals surface area contributed by atoms with Gasteiger partial charge in [-0.25, -0.2) is 4.98 Å². The third-order valence-corrected chi connectivity index (χ3v) is 3.82. The molecule has 0 unspecified atom stereocenters. The maximum atomic E-state index is 13.2. The Morgan fingerprint density at radius 1 is 1.48 bits per heavy atom. The molecule has 2 aromatic rings. The number of nitrogens with zero attached hydrogens (tertiary/aromatic N) is 3. The molecule has 9 heteroatoms. The van der Waals surface area contributed by atoms with Crippen LogP contribution in [0, 0.1) is 6.92 Å². The molecule has 0 saturated heterocycles. The van der Waals surface area contributed by atoms with Crippen molar-refractivity contribution in [3.8, 4) is 0 Å². The number of carbonyl (C=O) groups is 1. The number of aromatic nitrogens is 3. The van der Waals surface area contributed by atoms with Crippen molar-refractivity contribution in [3.63, 3.8) is 0 Å². The third kappa shape index (κ3) is 3.12. The van der Waals surface area contributed by atoms with Crippen molar-refractivity contribution in [1.29, 1.82) is 0 Å². The molecule has 0 bridgehead atoms. The molecule has 0 aromatic carbocycles. The zero-order valence-electron chi connectivity index (χ0n) is 11.5.